The molecule has 5 heteroatoms. The van der Waals surface area contributed by atoms with Crippen LogP contribution in [0.3, 0.4) is 0 Å². The molecule has 0 radical (unpaired) electrons. The van der Waals surface area contributed by atoms with Crippen molar-refractivity contribution >= 4 is 11.8 Å². The molecule has 0 aromatic heterocycles. The molecule has 2 unspecified atom stereocenters. The highest BCUT2D eigenvalue weighted by Crippen LogP contribution is 2.26. The van der Waals surface area contributed by atoms with Gasteiger partial charge in [0, 0.05) is 18.2 Å². The minimum Gasteiger partial charge on any atom is -0.394 e. The number of aliphatic hydroxyl groups is 1. The smallest absolute Gasteiger partial charge is 0.255 e. The van der Waals surface area contributed by atoms with E-state index >= 15 is 0 Å². The average Bonchev–Trinajstić information content (AvgIpc) is 2.81. The van der Waals surface area contributed by atoms with Crippen LogP contribution in [0.4, 0.5) is 0 Å². The van der Waals surface area contributed by atoms with Crippen LogP contribution >= 0.6 is 0 Å². The second-order valence-electron chi connectivity index (χ2n) is 6.33. The predicted octanol–water partition coefficient (Wildman–Crippen LogP) is 1.55. The summed E-state index contributed by atoms with van der Waals surface area (Å²) in [6.07, 6.45) is 0.601. The minimum atomic E-state index is -0.506. The summed E-state index contributed by atoms with van der Waals surface area (Å²) in [4.78, 5) is 26.7. The summed E-state index contributed by atoms with van der Waals surface area (Å²) in [5.41, 5.74) is 1.64. The van der Waals surface area contributed by atoms with Crippen LogP contribution in [0.2, 0.25) is 0 Å². The van der Waals surface area contributed by atoms with Crippen molar-refractivity contribution in [2.24, 2.45) is 5.92 Å². The van der Waals surface area contributed by atoms with Gasteiger partial charge >= 0.3 is 0 Å². The largest absolute Gasteiger partial charge is 0.394 e. The van der Waals surface area contributed by atoms with Crippen molar-refractivity contribution in [1.29, 1.82) is 0 Å². The molecule has 1 heterocycles. The molecule has 1 aliphatic rings. The highest BCUT2D eigenvalue weighted by Gasteiger charge is 2.36. The Morgan fingerprint density at radius 2 is 2.00 bits per heavy atom. The Balaban J connectivity index is 2.20. The van der Waals surface area contributed by atoms with Crippen molar-refractivity contribution < 1.29 is 14.7 Å². The van der Waals surface area contributed by atoms with Crippen LogP contribution in [0.1, 0.15) is 43.1 Å². The van der Waals surface area contributed by atoms with Crippen LogP contribution < -0.4 is 5.32 Å². The van der Waals surface area contributed by atoms with Crippen molar-refractivity contribution in [3.8, 4) is 0 Å². The van der Waals surface area contributed by atoms with Gasteiger partial charge in [0.25, 0.3) is 5.91 Å². The number of fused-ring (bicyclic) bond motifs is 1. The summed E-state index contributed by atoms with van der Waals surface area (Å²) in [6.45, 7) is 6.15. The van der Waals surface area contributed by atoms with Gasteiger partial charge in [0.2, 0.25) is 5.91 Å². The molecule has 2 amide bonds. The third-order valence-electron chi connectivity index (χ3n) is 3.89. The average molecular weight is 304 g/mol. The van der Waals surface area contributed by atoms with Crippen molar-refractivity contribution in [1.82, 2.24) is 10.2 Å². The molecule has 1 aliphatic heterocycles. The van der Waals surface area contributed by atoms with Crippen LogP contribution in [0.25, 0.3) is 0 Å². The van der Waals surface area contributed by atoms with Gasteiger partial charge in [-0.15, -0.1) is 0 Å². The molecular formula is C17H24N2O3. The molecule has 22 heavy (non-hydrogen) atoms. The molecule has 0 saturated heterocycles. The second-order valence-corrected chi connectivity index (χ2v) is 6.33. The number of nitrogens with zero attached hydrogens (tertiary/aromatic N) is 1. The molecular weight excluding hydrogens is 280 g/mol. The van der Waals surface area contributed by atoms with Gasteiger partial charge in [-0.05, 0) is 30.9 Å². The first-order valence-corrected chi connectivity index (χ1v) is 7.74. The maximum Gasteiger partial charge on any atom is 0.255 e. The van der Waals surface area contributed by atoms with E-state index in [1.165, 1.54) is 0 Å². The number of benzene rings is 1. The number of carbonyl (C=O) groups is 2. The third kappa shape index (κ3) is 3.47. The number of amides is 2. The van der Waals surface area contributed by atoms with Crippen molar-refractivity contribution in [2.45, 2.75) is 45.8 Å². The van der Waals surface area contributed by atoms with Gasteiger partial charge in [-0.1, -0.05) is 32.0 Å². The van der Waals surface area contributed by atoms with Crippen molar-refractivity contribution in [3.05, 3.63) is 35.4 Å². The van der Waals surface area contributed by atoms with E-state index in [0.717, 1.165) is 5.56 Å². The van der Waals surface area contributed by atoms with Crippen LogP contribution in [0, 0.1) is 5.92 Å². The Morgan fingerprint density at radius 3 is 2.59 bits per heavy atom. The lowest BCUT2D eigenvalue weighted by Crippen LogP contribution is -2.50. The van der Waals surface area contributed by atoms with E-state index in [9.17, 15) is 9.59 Å². The summed E-state index contributed by atoms with van der Waals surface area (Å²) in [6, 6.07) is 6.65. The highest BCUT2D eigenvalue weighted by atomic mass is 16.3. The third-order valence-corrected chi connectivity index (χ3v) is 3.89. The van der Waals surface area contributed by atoms with Crippen LogP contribution in [0.15, 0.2) is 24.3 Å². The van der Waals surface area contributed by atoms with E-state index in [-0.39, 0.29) is 30.4 Å². The highest BCUT2D eigenvalue weighted by molar-refractivity contribution is 6.01. The van der Waals surface area contributed by atoms with E-state index in [1.54, 1.807) is 17.9 Å². The fraction of sp³-hybridized carbons (Fsp3) is 0.529. The molecule has 0 aliphatic carbocycles. The quantitative estimate of drug-likeness (QED) is 0.838. The van der Waals surface area contributed by atoms with Gasteiger partial charge < -0.3 is 15.3 Å². The number of hydrogen-bond acceptors (Lipinski definition) is 3. The van der Waals surface area contributed by atoms with Gasteiger partial charge in [-0.2, -0.15) is 0 Å². The zero-order chi connectivity index (χ0) is 16.3. The van der Waals surface area contributed by atoms with E-state index in [4.69, 9.17) is 5.11 Å². The van der Waals surface area contributed by atoms with E-state index < -0.39 is 6.04 Å². The molecule has 120 valence electrons. The standard InChI is InChI=1S/C17H24N2O3/c1-11(2)8-15(16(21)18-12(3)10-20)19-9-13-6-4-5-7-14(13)17(19)22/h4-7,11-12,15,20H,8-10H2,1-3H3,(H,18,21). The normalized spacial score (nSPS) is 16.6. The maximum atomic E-state index is 12.6. The first-order chi connectivity index (χ1) is 10.4. The fourth-order valence-electron chi connectivity index (χ4n) is 2.74. The van der Waals surface area contributed by atoms with Gasteiger partial charge in [0.05, 0.1) is 6.61 Å². The van der Waals surface area contributed by atoms with E-state index in [1.807, 2.05) is 32.0 Å². The van der Waals surface area contributed by atoms with Gasteiger partial charge in [-0.3, -0.25) is 9.59 Å². The molecule has 1 aromatic rings. The number of rotatable bonds is 6. The molecule has 5 nitrogen and oxygen atoms in total. The lowest BCUT2D eigenvalue weighted by Gasteiger charge is -2.29. The summed E-state index contributed by atoms with van der Waals surface area (Å²) in [5, 5.41) is 11.9. The molecule has 0 bridgehead atoms. The topological polar surface area (TPSA) is 69.6 Å². The number of hydrogen-bond donors (Lipinski definition) is 2. The second kappa shape index (κ2) is 6.92. The number of carbonyl (C=O) groups excluding carboxylic acids is 2. The Bertz CT molecular complexity index is 557. The molecule has 0 saturated carbocycles. The Kier molecular flexibility index (Phi) is 5.19. The molecule has 2 rings (SSSR count). The fourth-order valence-corrected chi connectivity index (χ4v) is 2.74. The minimum absolute atomic E-state index is 0.0898. The Morgan fingerprint density at radius 1 is 1.32 bits per heavy atom. The molecule has 2 N–H and O–H groups in total. The van der Waals surface area contributed by atoms with Crippen molar-refractivity contribution in [3.63, 3.8) is 0 Å². The molecule has 1 aromatic carbocycles. The van der Waals surface area contributed by atoms with Gasteiger partial charge in [0.1, 0.15) is 6.04 Å². The first kappa shape index (κ1) is 16.5. The Labute approximate surface area is 131 Å². The van der Waals surface area contributed by atoms with Crippen LogP contribution in [-0.2, 0) is 11.3 Å². The molecule has 0 fully saturated rings. The predicted molar refractivity (Wildman–Crippen MR) is 84.2 cm³/mol. The van der Waals surface area contributed by atoms with Crippen LogP contribution in [0.5, 0.6) is 0 Å². The Hall–Kier alpha value is -1.88. The number of aliphatic hydroxyl groups excluding tert-OH is 1. The van der Waals surface area contributed by atoms with E-state index in [0.29, 0.717) is 18.5 Å². The molecule has 2 atom stereocenters. The lowest BCUT2D eigenvalue weighted by molar-refractivity contribution is -0.127. The zero-order valence-corrected chi connectivity index (χ0v) is 13.4. The number of nitrogens with one attached hydrogen (secondary N) is 1. The van der Waals surface area contributed by atoms with Crippen molar-refractivity contribution in [2.75, 3.05) is 6.61 Å². The summed E-state index contributed by atoms with van der Waals surface area (Å²) in [7, 11) is 0. The van der Waals surface area contributed by atoms with Gasteiger partial charge in [-0.25, -0.2) is 0 Å². The monoisotopic (exact) mass is 304 g/mol. The zero-order valence-electron chi connectivity index (χ0n) is 13.4. The first-order valence-electron chi connectivity index (χ1n) is 7.74. The summed E-state index contributed by atoms with van der Waals surface area (Å²) in [5.74, 6) is 0.00107. The SMILES string of the molecule is CC(C)CC(C(=O)NC(C)CO)N1Cc2ccccc2C1=O. The van der Waals surface area contributed by atoms with E-state index in [2.05, 4.69) is 5.32 Å². The maximum absolute atomic E-state index is 12.6. The summed E-state index contributed by atoms with van der Waals surface area (Å²) >= 11 is 0. The lowest BCUT2D eigenvalue weighted by atomic mass is 10.0. The summed E-state index contributed by atoms with van der Waals surface area (Å²) < 4.78 is 0. The molecule has 0 spiro atoms. The van der Waals surface area contributed by atoms with Crippen LogP contribution in [-0.4, -0.2) is 40.5 Å². The van der Waals surface area contributed by atoms with Gasteiger partial charge in [0.15, 0.2) is 0 Å².